The number of hydrogen-bond donors (Lipinski definition) is 2. The summed E-state index contributed by atoms with van der Waals surface area (Å²) in [5.41, 5.74) is 5.54. The van der Waals surface area contributed by atoms with Crippen LogP contribution in [-0.2, 0) is 16.0 Å². The molecule has 1 amide bonds. The number of hydrogen-bond acceptors (Lipinski definition) is 5. The molecular formula is C29H30ClN3O2S. The van der Waals surface area contributed by atoms with Gasteiger partial charge in [-0.05, 0) is 54.0 Å². The molecule has 1 atom stereocenters. The molecule has 0 saturated carbocycles. The van der Waals surface area contributed by atoms with Gasteiger partial charge >= 0.3 is 0 Å². The Hall–Kier alpha value is -3.01. The van der Waals surface area contributed by atoms with Crippen molar-refractivity contribution in [2.75, 3.05) is 11.1 Å². The number of aryl methyl sites for hydroxylation is 2. The molecule has 2 aliphatic rings. The fourth-order valence-corrected chi connectivity index (χ4v) is 5.98. The van der Waals surface area contributed by atoms with Crippen molar-refractivity contribution in [3.8, 4) is 6.07 Å². The number of thioether (sulfide) groups is 1. The number of nitrogens with one attached hydrogen (secondary N) is 2. The Balaban J connectivity index is 1.65. The van der Waals surface area contributed by atoms with Crippen LogP contribution in [0.15, 0.2) is 64.3 Å². The van der Waals surface area contributed by atoms with Crippen molar-refractivity contribution in [3.05, 3.63) is 86.0 Å². The lowest BCUT2D eigenvalue weighted by molar-refractivity contribution is -0.118. The molecule has 4 rings (SSSR count). The monoisotopic (exact) mass is 519 g/mol. The molecule has 0 spiro atoms. The predicted molar refractivity (Wildman–Crippen MR) is 147 cm³/mol. The van der Waals surface area contributed by atoms with E-state index in [0.717, 1.165) is 34.5 Å². The first-order valence-corrected chi connectivity index (χ1v) is 13.4. The summed E-state index contributed by atoms with van der Waals surface area (Å²) in [6.07, 6.45) is 1.94. The maximum Gasteiger partial charge on any atom is 0.234 e. The number of carbonyl (C=O) groups is 2. The predicted octanol–water partition coefficient (Wildman–Crippen LogP) is 6.65. The van der Waals surface area contributed by atoms with Crippen LogP contribution in [0.5, 0.6) is 0 Å². The maximum atomic E-state index is 13.3. The van der Waals surface area contributed by atoms with Crippen LogP contribution in [0, 0.1) is 23.7 Å². The van der Waals surface area contributed by atoms with Crippen molar-refractivity contribution < 1.29 is 9.59 Å². The van der Waals surface area contributed by atoms with Crippen molar-refractivity contribution in [2.24, 2.45) is 5.41 Å². The van der Waals surface area contributed by atoms with Crippen molar-refractivity contribution in [1.82, 2.24) is 5.32 Å². The zero-order valence-corrected chi connectivity index (χ0v) is 22.6. The van der Waals surface area contributed by atoms with Gasteiger partial charge in [-0.1, -0.05) is 74.5 Å². The topological polar surface area (TPSA) is 82.0 Å². The number of amides is 1. The summed E-state index contributed by atoms with van der Waals surface area (Å²) in [6.45, 7) is 8.19. The SMILES string of the molecule is CCc1cccc(C)c1NC(=O)CSC1=C(C#N)[C@H](c2ccc(Cl)cc2)C2=C(CC(C)(C)CC2=O)N1. The van der Waals surface area contributed by atoms with Crippen LogP contribution in [0.4, 0.5) is 5.69 Å². The molecule has 0 fully saturated rings. The summed E-state index contributed by atoms with van der Waals surface area (Å²) in [4.78, 5) is 26.2. The molecule has 0 radical (unpaired) electrons. The highest BCUT2D eigenvalue weighted by Gasteiger charge is 2.42. The highest BCUT2D eigenvalue weighted by molar-refractivity contribution is 8.03. The van der Waals surface area contributed by atoms with E-state index in [4.69, 9.17) is 11.6 Å². The summed E-state index contributed by atoms with van der Waals surface area (Å²) < 4.78 is 0. The van der Waals surface area contributed by atoms with Crippen LogP contribution in [0.2, 0.25) is 5.02 Å². The van der Waals surface area contributed by atoms with E-state index in [2.05, 4.69) is 37.5 Å². The van der Waals surface area contributed by atoms with E-state index in [1.54, 1.807) is 12.1 Å². The molecule has 0 aromatic heterocycles. The van der Waals surface area contributed by atoms with Gasteiger partial charge in [0.1, 0.15) is 0 Å². The van der Waals surface area contributed by atoms with Crippen molar-refractivity contribution in [1.29, 1.82) is 5.26 Å². The lowest BCUT2D eigenvalue weighted by Gasteiger charge is -2.39. The molecule has 0 bridgehead atoms. The molecule has 7 heteroatoms. The molecule has 2 aromatic carbocycles. The number of halogens is 1. The second-order valence-electron chi connectivity index (χ2n) is 10.1. The van der Waals surface area contributed by atoms with Gasteiger partial charge in [0.25, 0.3) is 0 Å². The van der Waals surface area contributed by atoms with E-state index in [1.165, 1.54) is 11.8 Å². The minimum atomic E-state index is -0.485. The standard InChI is InChI=1S/C29H30ClN3O2S/c1-5-18-8-6-7-17(2)27(18)33-24(35)16-36-28-21(15-31)25(19-9-11-20(30)12-10-19)26-22(32-28)13-29(3,4)14-23(26)34/h6-12,25,32H,5,13-14,16H2,1-4H3,(H,33,35)/t25-/m0/s1. The third kappa shape index (κ3) is 5.38. The van der Waals surface area contributed by atoms with Gasteiger partial charge in [-0.15, -0.1) is 0 Å². The number of nitrogens with zero attached hydrogens (tertiary/aromatic N) is 1. The number of para-hydroxylation sites is 1. The summed E-state index contributed by atoms with van der Waals surface area (Å²) in [7, 11) is 0. The minimum Gasteiger partial charge on any atom is -0.352 e. The van der Waals surface area contributed by atoms with Crippen molar-refractivity contribution in [2.45, 2.75) is 52.9 Å². The third-order valence-corrected chi connectivity index (χ3v) is 7.95. The van der Waals surface area contributed by atoms with Crippen LogP contribution >= 0.6 is 23.4 Å². The Kier molecular flexibility index (Phi) is 7.63. The summed E-state index contributed by atoms with van der Waals surface area (Å²) in [5.74, 6) is -0.438. The largest absolute Gasteiger partial charge is 0.352 e. The molecule has 1 heterocycles. The average molecular weight is 520 g/mol. The number of ketones is 1. The first kappa shape index (κ1) is 26.1. The normalized spacial score (nSPS) is 18.9. The second kappa shape index (κ2) is 10.5. The molecule has 36 heavy (non-hydrogen) atoms. The third-order valence-electron chi connectivity index (χ3n) is 6.68. The Bertz CT molecular complexity index is 1320. The first-order valence-electron chi connectivity index (χ1n) is 12.1. The molecule has 0 saturated heterocycles. The van der Waals surface area contributed by atoms with Gasteiger partial charge in [0.05, 0.1) is 28.3 Å². The Labute approximate surface area is 222 Å². The van der Waals surface area contributed by atoms with E-state index in [1.807, 2.05) is 37.3 Å². The maximum absolute atomic E-state index is 13.3. The number of carbonyl (C=O) groups excluding carboxylic acids is 2. The van der Waals surface area contributed by atoms with Gasteiger partial charge in [-0.2, -0.15) is 5.26 Å². The highest BCUT2D eigenvalue weighted by Crippen LogP contribution is 2.48. The molecular weight excluding hydrogens is 490 g/mol. The van der Waals surface area contributed by atoms with Crippen LogP contribution in [0.25, 0.3) is 0 Å². The molecule has 1 aliphatic heterocycles. The fraction of sp³-hybridized carbons (Fsp3) is 0.345. The lowest BCUT2D eigenvalue weighted by Crippen LogP contribution is -2.37. The molecule has 0 unspecified atom stereocenters. The Morgan fingerprint density at radius 2 is 1.94 bits per heavy atom. The zero-order valence-electron chi connectivity index (χ0n) is 21.0. The number of rotatable bonds is 6. The van der Waals surface area contributed by atoms with Gasteiger partial charge in [-0.25, -0.2) is 0 Å². The van der Waals surface area contributed by atoms with Crippen LogP contribution in [0.1, 0.15) is 56.2 Å². The van der Waals surface area contributed by atoms with Gasteiger partial charge in [0.2, 0.25) is 5.91 Å². The molecule has 2 aromatic rings. The first-order chi connectivity index (χ1) is 17.1. The van der Waals surface area contributed by atoms with Gasteiger partial charge in [-0.3, -0.25) is 9.59 Å². The van der Waals surface area contributed by atoms with Crippen LogP contribution < -0.4 is 10.6 Å². The number of dihydropyridines is 1. The number of benzene rings is 2. The van der Waals surface area contributed by atoms with E-state index < -0.39 is 5.92 Å². The minimum absolute atomic E-state index is 0.0508. The summed E-state index contributed by atoms with van der Waals surface area (Å²) in [5, 5.41) is 17.9. The van der Waals surface area contributed by atoms with Gasteiger partial charge in [0, 0.05) is 28.4 Å². The quantitative estimate of drug-likeness (QED) is 0.446. The number of allylic oxidation sites excluding steroid dienone is 3. The smallest absolute Gasteiger partial charge is 0.234 e. The van der Waals surface area contributed by atoms with Gasteiger partial charge in [0.15, 0.2) is 5.78 Å². The molecule has 186 valence electrons. The fourth-order valence-electron chi connectivity index (χ4n) is 4.99. The van der Waals surface area contributed by atoms with Crippen molar-refractivity contribution >= 4 is 40.7 Å². The molecule has 1 aliphatic carbocycles. The summed E-state index contributed by atoms with van der Waals surface area (Å²) >= 11 is 7.42. The zero-order chi connectivity index (χ0) is 26.0. The average Bonchev–Trinajstić information content (AvgIpc) is 2.82. The second-order valence-corrected chi connectivity index (χ2v) is 11.5. The van der Waals surface area contributed by atoms with E-state index >= 15 is 0 Å². The van der Waals surface area contributed by atoms with E-state index in [0.29, 0.717) is 34.0 Å². The van der Waals surface area contributed by atoms with Crippen molar-refractivity contribution in [3.63, 3.8) is 0 Å². The molecule has 5 nitrogen and oxygen atoms in total. The number of anilines is 1. The Morgan fingerprint density at radius 1 is 1.22 bits per heavy atom. The molecule has 2 N–H and O–H groups in total. The summed E-state index contributed by atoms with van der Waals surface area (Å²) in [6, 6.07) is 15.6. The van der Waals surface area contributed by atoms with Crippen LogP contribution in [0.3, 0.4) is 0 Å². The van der Waals surface area contributed by atoms with E-state index in [-0.39, 0.29) is 22.9 Å². The van der Waals surface area contributed by atoms with Crippen LogP contribution in [-0.4, -0.2) is 17.4 Å². The lowest BCUT2D eigenvalue weighted by atomic mass is 9.69. The highest BCUT2D eigenvalue weighted by atomic mass is 35.5. The number of nitriles is 1. The Morgan fingerprint density at radius 3 is 2.61 bits per heavy atom. The van der Waals surface area contributed by atoms with Gasteiger partial charge < -0.3 is 10.6 Å². The number of Topliss-reactive ketones (excluding diaryl/α,β-unsaturated/α-hetero) is 1. The van der Waals surface area contributed by atoms with E-state index in [9.17, 15) is 14.9 Å².